The molecule has 3 heteroatoms. The maximum Gasteiger partial charge on any atom is 0.0459 e. The van der Waals surface area contributed by atoms with Crippen molar-refractivity contribution in [2.24, 2.45) is 0 Å². The van der Waals surface area contributed by atoms with Gasteiger partial charge in [-0.25, -0.2) is 0 Å². The van der Waals surface area contributed by atoms with Crippen LogP contribution < -0.4 is 26.5 Å². The molecule has 2 aliphatic heterocycles. The third-order valence-corrected chi connectivity index (χ3v) is 8.75. The number of hydrogen-bond donors (Lipinski definition) is 2. The molecule has 2 heterocycles. The van der Waals surface area contributed by atoms with Crippen molar-refractivity contribution in [2.75, 3.05) is 10.6 Å². The van der Waals surface area contributed by atoms with E-state index in [1.54, 1.807) is 0 Å². The topological polar surface area (TPSA) is 24.1 Å². The van der Waals surface area contributed by atoms with Crippen LogP contribution in [0.15, 0.2) is 66.7 Å². The van der Waals surface area contributed by atoms with Gasteiger partial charge in [-0.1, -0.05) is 66.7 Å². The monoisotopic (exact) mass is 400 g/mol. The lowest BCUT2D eigenvalue weighted by molar-refractivity contribution is 0.682. The normalized spacial score (nSPS) is 21.3. The lowest BCUT2D eigenvalue weighted by Gasteiger charge is -2.33. The predicted molar refractivity (Wildman–Crippen MR) is 128 cm³/mol. The number of hydrogen-bond acceptors (Lipinski definition) is 2. The number of benzene rings is 3. The number of aryl methyl sites for hydroxylation is 2. The van der Waals surface area contributed by atoms with Crippen molar-refractivity contribution in [3.8, 4) is 0 Å². The van der Waals surface area contributed by atoms with Crippen molar-refractivity contribution in [3.63, 3.8) is 0 Å². The van der Waals surface area contributed by atoms with Gasteiger partial charge in [0.2, 0.25) is 0 Å². The second-order valence-electron chi connectivity index (χ2n) is 8.46. The van der Waals surface area contributed by atoms with Gasteiger partial charge in [0.05, 0.1) is 0 Å². The van der Waals surface area contributed by atoms with Crippen LogP contribution in [0.4, 0.5) is 11.4 Å². The Balaban J connectivity index is 1.72. The van der Waals surface area contributed by atoms with E-state index in [9.17, 15) is 0 Å². The van der Waals surface area contributed by atoms with Crippen LogP contribution in [0, 0.1) is 0 Å². The standard InChI is InChI=1S/C26H29N2P/c1-18-14-16-20-8-6-12-23(25(20)27-18)29(22-10-4-3-5-11-22)24-13-7-9-21-17-15-19(2)28-26(21)24/h3-13,18-19,27-28H,14-17H2,1-2H3. The van der Waals surface area contributed by atoms with Gasteiger partial charge in [-0.05, 0) is 63.9 Å². The lowest BCUT2D eigenvalue weighted by Crippen LogP contribution is -2.33. The Hall–Kier alpha value is -2.31. The van der Waals surface area contributed by atoms with Crippen molar-refractivity contribution in [3.05, 3.63) is 77.9 Å². The van der Waals surface area contributed by atoms with E-state index in [4.69, 9.17) is 0 Å². The Bertz CT molecular complexity index is 951. The van der Waals surface area contributed by atoms with Crippen LogP contribution in [-0.4, -0.2) is 12.1 Å². The molecule has 3 aromatic carbocycles. The summed E-state index contributed by atoms with van der Waals surface area (Å²) in [5.74, 6) is 0. The van der Waals surface area contributed by atoms with Gasteiger partial charge in [-0.15, -0.1) is 0 Å². The largest absolute Gasteiger partial charge is 0.382 e. The van der Waals surface area contributed by atoms with Crippen LogP contribution in [0.2, 0.25) is 0 Å². The van der Waals surface area contributed by atoms with Gasteiger partial charge in [0, 0.05) is 34.1 Å². The molecule has 0 fully saturated rings. The Kier molecular flexibility index (Phi) is 5.06. The lowest BCUT2D eigenvalue weighted by atomic mass is 9.99. The smallest absolute Gasteiger partial charge is 0.0459 e. The SMILES string of the molecule is CC1CCc2cccc(P(c3ccccc3)c3cccc4c3NC(C)CC4)c2N1. The molecule has 0 bridgehead atoms. The van der Waals surface area contributed by atoms with Gasteiger partial charge in [-0.3, -0.25) is 0 Å². The van der Waals surface area contributed by atoms with Crippen molar-refractivity contribution in [2.45, 2.75) is 51.6 Å². The van der Waals surface area contributed by atoms with E-state index < -0.39 is 7.92 Å². The number of para-hydroxylation sites is 2. The summed E-state index contributed by atoms with van der Waals surface area (Å²) in [4.78, 5) is 0. The zero-order valence-corrected chi connectivity index (χ0v) is 18.2. The second kappa shape index (κ2) is 7.84. The minimum Gasteiger partial charge on any atom is -0.382 e. The van der Waals surface area contributed by atoms with Gasteiger partial charge in [0.15, 0.2) is 0 Å². The zero-order chi connectivity index (χ0) is 19.8. The summed E-state index contributed by atoms with van der Waals surface area (Å²) in [6, 6.07) is 26.0. The third kappa shape index (κ3) is 3.55. The Morgan fingerprint density at radius 3 is 1.69 bits per heavy atom. The number of anilines is 2. The average molecular weight is 401 g/mol. The molecule has 2 N–H and O–H groups in total. The average Bonchev–Trinajstić information content (AvgIpc) is 2.75. The molecule has 2 unspecified atom stereocenters. The second-order valence-corrected chi connectivity index (χ2v) is 10.6. The first-order valence-electron chi connectivity index (χ1n) is 10.8. The van der Waals surface area contributed by atoms with Crippen LogP contribution in [0.3, 0.4) is 0 Å². The molecular formula is C26H29N2P. The van der Waals surface area contributed by atoms with E-state index >= 15 is 0 Å². The summed E-state index contributed by atoms with van der Waals surface area (Å²) >= 11 is 0. The molecular weight excluding hydrogens is 371 g/mol. The molecule has 0 radical (unpaired) electrons. The summed E-state index contributed by atoms with van der Waals surface area (Å²) in [7, 11) is -0.638. The highest BCUT2D eigenvalue weighted by Gasteiger charge is 2.28. The van der Waals surface area contributed by atoms with E-state index in [1.807, 2.05) is 0 Å². The van der Waals surface area contributed by atoms with E-state index in [2.05, 4.69) is 91.2 Å². The molecule has 148 valence electrons. The van der Waals surface area contributed by atoms with Crippen molar-refractivity contribution >= 4 is 35.2 Å². The van der Waals surface area contributed by atoms with Crippen LogP contribution in [0.5, 0.6) is 0 Å². The molecule has 0 amide bonds. The first-order valence-corrected chi connectivity index (χ1v) is 12.2. The summed E-state index contributed by atoms with van der Waals surface area (Å²) in [6.45, 7) is 4.61. The Labute approximate surface area is 175 Å². The van der Waals surface area contributed by atoms with Crippen LogP contribution in [-0.2, 0) is 12.8 Å². The van der Waals surface area contributed by atoms with Crippen molar-refractivity contribution in [1.29, 1.82) is 0 Å². The summed E-state index contributed by atoms with van der Waals surface area (Å²) < 4.78 is 0. The molecule has 2 aliphatic rings. The quantitative estimate of drug-likeness (QED) is 0.609. The number of rotatable bonds is 3. The fourth-order valence-electron chi connectivity index (χ4n) is 4.66. The maximum atomic E-state index is 3.83. The van der Waals surface area contributed by atoms with Gasteiger partial charge in [0.25, 0.3) is 0 Å². The molecule has 5 rings (SSSR count). The first kappa shape index (κ1) is 18.7. The minimum absolute atomic E-state index is 0.527. The first-order chi connectivity index (χ1) is 14.2. The molecule has 0 spiro atoms. The number of fused-ring (bicyclic) bond motifs is 2. The highest BCUT2D eigenvalue weighted by Crippen LogP contribution is 2.42. The van der Waals surface area contributed by atoms with E-state index in [-0.39, 0.29) is 0 Å². The fourth-order valence-corrected chi connectivity index (χ4v) is 7.28. The third-order valence-electron chi connectivity index (χ3n) is 6.23. The van der Waals surface area contributed by atoms with Crippen LogP contribution >= 0.6 is 7.92 Å². The highest BCUT2D eigenvalue weighted by molar-refractivity contribution is 7.80. The van der Waals surface area contributed by atoms with E-state index in [0.717, 1.165) is 12.8 Å². The molecule has 0 saturated carbocycles. The number of nitrogens with one attached hydrogen (secondary N) is 2. The van der Waals surface area contributed by atoms with Crippen LogP contribution in [0.25, 0.3) is 0 Å². The van der Waals surface area contributed by atoms with Gasteiger partial charge in [-0.2, -0.15) is 0 Å². The van der Waals surface area contributed by atoms with Gasteiger partial charge >= 0.3 is 0 Å². The predicted octanol–water partition coefficient (Wildman–Crippen LogP) is 4.94. The van der Waals surface area contributed by atoms with E-state index in [0.29, 0.717) is 12.1 Å². The van der Waals surface area contributed by atoms with E-state index in [1.165, 1.54) is 51.3 Å². The molecule has 0 aromatic heterocycles. The zero-order valence-electron chi connectivity index (χ0n) is 17.3. The molecule has 0 saturated heterocycles. The summed E-state index contributed by atoms with van der Waals surface area (Å²) in [6.07, 6.45) is 4.74. The molecule has 2 nitrogen and oxygen atoms in total. The fraction of sp³-hybridized carbons (Fsp3) is 0.308. The summed E-state index contributed by atoms with van der Waals surface area (Å²) in [5, 5.41) is 12.0. The van der Waals surface area contributed by atoms with Gasteiger partial charge in [0.1, 0.15) is 0 Å². The van der Waals surface area contributed by atoms with Gasteiger partial charge < -0.3 is 10.6 Å². The summed E-state index contributed by atoms with van der Waals surface area (Å²) in [5.41, 5.74) is 5.69. The molecule has 29 heavy (non-hydrogen) atoms. The molecule has 0 aliphatic carbocycles. The van der Waals surface area contributed by atoms with Crippen molar-refractivity contribution < 1.29 is 0 Å². The molecule has 3 aromatic rings. The maximum absolute atomic E-state index is 3.83. The van der Waals surface area contributed by atoms with Crippen molar-refractivity contribution in [1.82, 2.24) is 0 Å². The highest BCUT2D eigenvalue weighted by atomic mass is 31.1. The Morgan fingerprint density at radius 1 is 0.655 bits per heavy atom. The minimum atomic E-state index is -0.638. The Morgan fingerprint density at radius 2 is 1.17 bits per heavy atom. The molecule has 2 atom stereocenters. The van der Waals surface area contributed by atoms with Crippen LogP contribution in [0.1, 0.15) is 37.8 Å².